The maximum atomic E-state index is 9.33. The van der Waals surface area contributed by atoms with Gasteiger partial charge in [-0.15, -0.1) is 0 Å². The summed E-state index contributed by atoms with van der Waals surface area (Å²) in [5.74, 6) is 1.47. The fourth-order valence-corrected chi connectivity index (χ4v) is 4.35. The number of piperidine rings is 1. The predicted octanol–water partition coefficient (Wildman–Crippen LogP) is 3.01. The predicted molar refractivity (Wildman–Crippen MR) is 95.7 cm³/mol. The van der Waals surface area contributed by atoms with Gasteiger partial charge < -0.3 is 10.4 Å². The van der Waals surface area contributed by atoms with Crippen molar-refractivity contribution in [2.45, 2.75) is 50.5 Å². The number of β-amino-alcohol motifs (C(OH)–C–C–N with tert-alkyl or cyclic N) is 1. The molecular formula is C20H32N2O. The highest BCUT2D eigenvalue weighted by atomic mass is 16.3. The van der Waals surface area contributed by atoms with Crippen molar-refractivity contribution in [3.63, 3.8) is 0 Å². The minimum Gasteiger partial charge on any atom is -0.395 e. The summed E-state index contributed by atoms with van der Waals surface area (Å²) in [6.45, 7) is 4.39. The molecular weight excluding hydrogens is 284 g/mol. The molecule has 1 saturated heterocycles. The lowest BCUT2D eigenvalue weighted by Gasteiger charge is -2.39. The van der Waals surface area contributed by atoms with E-state index in [4.69, 9.17) is 0 Å². The molecule has 0 bridgehead atoms. The van der Waals surface area contributed by atoms with Crippen LogP contribution in [0.4, 0.5) is 0 Å². The second-order valence-corrected chi connectivity index (χ2v) is 7.44. The van der Waals surface area contributed by atoms with Crippen molar-refractivity contribution in [3.8, 4) is 0 Å². The molecule has 2 unspecified atom stereocenters. The van der Waals surface area contributed by atoms with Crippen LogP contribution in [0, 0.1) is 5.92 Å². The molecule has 0 spiro atoms. The maximum absolute atomic E-state index is 9.33. The molecule has 23 heavy (non-hydrogen) atoms. The van der Waals surface area contributed by atoms with Crippen molar-refractivity contribution in [1.29, 1.82) is 0 Å². The average Bonchev–Trinajstić information content (AvgIpc) is 2.62. The van der Waals surface area contributed by atoms with Crippen LogP contribution in [0.5, 0.6) is 0 Å². The largest absolute Gasteiger partial charge is 0.395 e. The zero-order chi connectivity index (χ0) is 15.9. The molecule has 3 heteroatoms. The standard InChI is InChI=1S/C20H32N2O/c23-12-11-22-15-19(18-9-5-2-6-10-18)13-20(16-22)21-14-17-7-3-1-4-8-17/h2,5-6,9-10,17,19-21,23H,1,3-4,7-8,11-16H2. The molecule has 1 saturated carbocycles. The van der Waals surface area contributed by atoms with E-state index in [0.29, 0.717) is 12.0 Å². The number of hydrogen-bond acceptors (Lipinski definition) is 3. The second kappa shape index (κ2) is 8.81. The quantitative estimate of drug-likeness (QED) is 0.847. The molecule has 2 aliphatic rings. The Hall–Kier alpha value is -0.900. The Bertz CT molecular complexity index is 444. The number of benzene rings is 1. The van der Waals surface area contributed by atoms with Gasteiger partial charge in [0.25, 0.3) is 0 Å². The van der Waals surface area contributed by atoms with E-state index in [1.165, 1.54) is 50.6 Å². The lowest BCUT2D eigenvalue weighted by molar-refractivity contribution is 0.135. The number of nitrogens with one attached hydrogen (secondary N) is 1. The molecule has 3 rings (SSSR count). The molecule has 2 fully saturated rings. The molecule has 1 aliphatic carbocycles. The van der Waals surface area contributed by atoms with Gasteiger partial charge in [-0.1, -0.05) is 49.6 Å². The van der Waals surface area contributed by atoms with Gasteiger partial charge in [-0.25, -0.2) is 0 Å². The Morgan fingerprint density at radius 1 is 1.04 bits per heavy atom. The third-order valence-electron chi connectivity index (χ3n) is 5.63. The molecule has 0 amide bonds. The van der Waals surface area contributed by atoms with Gasteiger partial charge in [0.1, 0.15) is 0 Å². The summed E-state index contributed by atoms with van der Waals surface area (Å²) in [6.07, 6.45) is 8.30. The number of nitrogens with zero attached hydrogens (tertiary/aromatic N) is 1. The Morgan fingerprint density at radius 2 is 1.83 bits per heavy atom. The van der Waals surface area contributed by atoms with E-state index in [-0.39, 0.29) is 6.61 Å². The lowest BCUT2D eigenvalue weighted by atomic mass is 9.86. The minimum atomic E-state index is 0.261. The van der Waals surface area contributed by atoms with E-state index in [0.717, 1.165) is 25.6 Å². The van der Waals surface area contributed by atoms with Gasteiger partial charge in [-0.3, -0.25) is 4.90 Å². The van der Waals surface area contributed by atoms with Crippen LogP contribution in [0.15, 0.2) is 30.3 Å². The highest BCUT2D eigenvalue weighted by Gasteiger charge is 2.28. The molecule has 0 aromatic heterocycles. The van der Waals surface area contributed by atoms with Crippen molar-refractivity contribution in [2.75, 3.05) is 32.8 Å². The molecule has 2 atom stereocenters. The topological polar surface area (TPSA) is 35.5 Å². The van der Waals surface area contributed by atoms with E-state index in [1.807, 2.05) is 0 Å². The van der Waals surface area contributed by atoms with Crippen LogP contribution in [-0.4, -0.2) is 48.8 Å². The van der Waals surface area contributed by atoms with Crippen LogP contribution < -0.4 is 5.32 Å². The first-order valence-electron chi connectivity index (χ1n) is 9.46. The van der Waals surface area contributed by atoms with E-state index >= 15 is 0 Å². The number of aliphatic hydroxyl groups is 1. The highest BCUT2D eigenvalue weighted by Crippen LogP contribution is 2.28. The third kappa shape index (κ3) is 5.03. The van der Waals surface area contributed by atoms with Crippen molar-refractivity contribution >= 4 is 0 Å². The van der Waals surface area contributed by atoms with Crippen molar-refractivity contribution in [3.05, 3.63) is 35.9 Å². The first-order valence-corrected chi connectivity index (χ1v) is 9.46. The van der Waals surface area contributed by atoms with Crippen molar-refractivity contribution in [2.24, 2.45) is 5.92 Å². The molecule has 1 aliphatic heterocycles. The number of hydrogen-bond donors (Lipinski definition) is 2. The summed E-state index contributed by atoms with van der Waals surface area (Å²) < 4.78 is 0. The van der Waals surface area contributed by atoms with Gasteiger partial charge in [0.15, 0.2) is 0 Å². The summed E-state index contributed by atoms with van der Waals surface area (Å²) in [7, 11) is 0. The average molecular weight is 316 g/mol. The summed E-state index contributed by atoms with van der Waals surface area (Å²) in [4.78, 5) is 2.43. The molecule has 1 aromatic carbocycles. The van der Waals surface area contributed by atoms with Crippen molar-refractivity contribution < 1.29 is 5.11 Å². The van der Waals surface area contributed by atoms with E-state index in [2.05, 4.69) is 40.5 Å². The minimum absolute atomic E-state index is 0.261. The van der Waals surface area contributed by atoms with Gasteiger partial charge in [0, 0.05) is 25.7 Å². The van der Waals surface area contributed by atoms with Gasteiger partial charge in [-0.05, 0) is 43.2 Å². The second-order valence-electron chi connectivity index (χ2n) is 7.44. The molecule has 128 valence electrons. The first kappa shape index (κ1) is 16.9. The van der Waals surface area contributed by atoms with Crippen LogP contribution in [0.1, 0.15) is 50.0 Å². The van der Waals surface area contributed by atoms with Gasteiger partial charge in [0.2, 0.25) is 0 Å². The van der Waals surface area contributed by atoms with E-state index in [9.17, 15) is 5.11 Å². The van der Waals surface area contributed by atoms with E-state index in [1.54, 1.807) is 0 Å². The fraction of sp³-hybridized carbons (Fsp3) is 0.700. The monoisotopic (exact) mass is 316 g/mol. The Labute approximate surface area is 141 Å². The van der Waals surface area contributed by atoms with Crippen LogP contribution in [-0.2, 0) is 0 Å². The summed E-state index contributed by atoms with van der Waals surface area (Å²) >= 11 is 0. The van der Waals surface area contributed by atoms with Crippen molar-refractivity contribution in [1.82, 2.24) is 10.2 Å². The van der Waals surface area contributed by atoms with Gasteiger partial charge in [0.05, 0.1) is 6.61 Å². The number of likely N-dealkylation sites (tertiary alicyclic amines) is 1. The smallest absolute Gasteiger partial charge is 0.0558 e. The molecule has 1 aromatic rings. The molecule has 3 nitrogen and oxygen atoms in total. The van der Waals surface area contributed by atoms with Crippen LogP contribution in [0.3, 0.4) is 0 Å². The third-order valence-corrected chi connectivity index (χ3v) is 5.63. The summed E-state index contributed by atoms with van der Waals surface area (Å²) in [6, 6.07) is 11.4. The SMILES string of the molecule is OCCN1CC(NCC2CCCCC2)CC(c2ccccc2)C1. The van der Waals surface area contributed by atoms with Crippen LogP contribution >= 0.6 is 0 Å². The summed E-state index contributed by atoms with van der Waals surface area (Å²) in [5, 5.41) is 13.2. The zero-order valence-corrected chi connectivity index (χ0v) is 14.3. The first-order chi connectivity index (χ1) is 11.3. The van der Waals surface area contributed by atoms with Crippen LogP contribution in [0.2, 0.25) is 0 Å². The normalized spacial score (nSPS) is 27.2. The number of aliphatic hydroxyl groups excluding tert-OH is 1. The zero-order valence-electron chi connectivity index (χ0n) is 14.3. The van der Waals surface area contributed by atoms with Gasteiger partial charge >= 0.3 is 0 Å². The Morgan fingerprint density at radius 3 is 2.57 bits per heavy atom. The fourth-order valence-electron chi connectivity index (χ4n) is 4.35. The van der Waals surface area contributed by atoms with Gasteiger partial charge in [-0.2, -0.15) is 0 Å². The molecule has 2 N–H and O–H groups in total. The molecule has 1 heterocycles. The van der Waals surface area contributed by atoms with Crippen LogP contribution in [0.25, 0.3) is 0 Å². The number of rotatable bonds is 6. The maximum Gasteiger partial charge on any atom is 0.0558 e. The Kier molecular flexibility index (Phi) is 6.49. The highest BCUT2D eigenvalue weighted by molar-refractivity contribution is 5.21. The lowest BCUT2D eigenvalue weighted by Crippen LogP contribution is -2.50. The molecule has 0 radical (unpaired) electrons. The summed E-state index contributed by atoms with van der Waals surface area (Å²) in [5.41, 5.74) is 1.44. The van der Waals surface area contributed by atoms with E-state index < -0.39 is 0 Å². The Balaban J connectivity index is 1.57.